The third-order valence-corrected chi connectivity index (χ3v) is 4.19. The monoisotopic (exact) mass is 371 g/mol. The minimum atomic E-state index is -0.367. The topological polar surface area (TPSA) is 79.5 Å². The maximum atomic E-state index is 13.2. The number of anilines is 2. The fraction of sp³-hybridized carbons (Fsp3) is 0.300. The van der Waals surface area contributed by atoms with Gasteiger partial charge in [-0.25, -0.2) is 9.18 Å². The Labute approximate surface area is 157 Å². The Morgan fingerprint density at radius 1 is 1.07 bits per heavy atom. The molecule has 1 unspecified atom stereocenters. The van der Waals surface area contributed by atoms with Gasteiger partial charge in [-0.15, -0.1) is 0 Å². The highest BCUT2D eigenvalue weighted by molar-refractivity contribution is 5.93. The second-order valence-electron chi connectivity index (χ2n) is 6.40. The van der Waals surface area contributed by atoms with Crippen LogP contribution in [0, 0.1) is 5.82 Å². The van der Waals surface area contributed by atoms with E-state index < -0.39 is 0 Å². The molecule has 3 rings (SSSR count). The first-order valence-electron chi connectivity index (χ1n) is 8.89. The lowest BCUT2D eigenvalue weighted by Gasteiger charge is -2.12. The molecule has 2 aromatic carbocycles. The predicted molar refractivity (Wildman–Crippen MR) is 101 cm³/mol. The fourth-order valence-corrected chi connectivity index (χ4v) is 2.86. The van der Waals surface area contributed by atoms with Gasteiger partial charge in [0.1, 0.15) is 5.82 Å². The van der Waals surface area contributed by atoms with Crippen LogP contribution in [-0.2, 0) is 16.0 Å². The number of amides is 3. The molecule has 1 aliphatic rings. The van der Waals surface area contributed by atoms with Crippen molar-refractivity contribution >= 4 is 23.3 Å². The van der Waals surface area contributed by atoms with Crippen LogP contribution in [0.4, 0.5) is 20.6 Å². The maximum Gasteiger partial charge on any atom is 0.319 e. The Morgan fingerprint density at radius 3 is 2.48 bits per heavy atom. The molecule has 1 aliphatic heterocycles. The summed E-state index contributed by atoms with van der Waals surface area (Å²) >= 11 is 0. The average Bonchev–Trinajstić information content (AvgIpc) is 3.15. The van der Waals surface area contributed by atoms with Crippen molar-refractivity contribution in [3.63, 3.8) is 0 Å². The summed E-state index contributed by atoms with van der Waals surface area (Å²) in [6.45, 7) is 1.24. The molecule has 7 heteroatoms. The summed E-state index contributed by atoms with van der Waals surface area (Å²) < 4.78 is 18.6. The molecule has 27 heavy (non-hydrogen) atoms. The Bertz CT molecular complexity index is 789. The van der Waals surface area contributed by atoms with Gasteiger partial charge in [0.2, 0.25) is 5.91 Å². The SMILES string of the molecule is O=C(Cc1cccc(F)c1)Nc1ccc(NC(=O)NCC2CCCO2)cc1. The third kappa shape index (κ3) is 6.07. The summed E-state index contributed by atoms with van der Waals surface area (Å²) in [4.78, 5) is 23.9. The lowest BCUT2D eigenvalue weighted by atomic mass is 10.1. The molecule has 0 spiro atoms. The van der Waals surface area contributed by atoms with E-state index in [0.29, 0.717) is 23.5 Å². The molecular formula is C20H22FN3O3. The van der Waals surface area contributed by atoms with Crippen molar-refractivity contribution in [1.29, 1.82) is 0 Å². The summed E-state index contributed by atoms with van der Waals surface area (Å²) in [6.07, 6.45) is 2.17. The normalized spacial score (nSPS) is 16.0. The second kappa shape index (κ2) is 9.14. The Morgan fingerprint density at radius 2 is 1.81 bits per heavy atom. The van der Waals surface area contributed by atoms with Gasteiger partial charge in [0.25, 0.3) is 0 Å². The molecule has 142 valence electrons. The van der Waals surface area contributed by atoms with Crippen LogP contribution in [-0.4, -0.2) is 31.2 Å². The van der Waals surface area contributed by atoms with Gasteiger partial charge in [-0.2, -0.15) is 0 Å². The molecule has 1 fully saturated rings. The van der Waals surface area contributed by atoms with E-state index in [1.54, 1.807) is 36.4 Å². The van der Waals surface area contributed by atoms with E-state index in [2.05, 4.69) is 16.0 Å². The first-order valence-corrected chi connectivity index (χ1v) is 8.89. The van der Waals surface area contributed by atoms with Crippen molar-refractivity contribution in [1.82, 2.24) is 5.32 Å². The second-order valence-corrected chi connectivity index (χ2v) is 6.40. The summed E-state index contributed by atoms with van der Waals surface area (Å²) in [6, 6.07) is 12.4. The molecule has 3 amide bonds. The zero-order valence-electron chi connectivity index (χ0n) is 14.8. The molecule has 2 aromatic rings. The fourth-order valence-electron chi connectivity index (χ4n) is 2.86. The summed E-state index contributed by atoms with van der Waals surface area (Å²) in [7, 11) is 0. The highest BCUT2D eigenvalue weighted by Crippen LogP contribution is 2.15. The molecule has 1 saturated heterocycles. The van der Waals surface area contributed by atoms with Crippen LogP contribution in [0.5, 0.6) is 0 Å². The van der Waals surface area contributed by atoms with Crippen LogP contribution in [0.1, 0.15) is 18.4 Å². The highest BCUT2D eigenvalue weighted by atomic mass is 19.1. The predicted octanol–water partition coefficient (Wildman–Crippen LogP) is 3.31. The number of benzene rings is 2. The van der Waals surface area contributed by atoms with Crippen LogP contribution in [0.3, 0.4) is 0 Å². The molecule has 6 nitrogen and oxygen atoms in total. The van der Waals surface area contributed by atoms with Crippen molar-refractivity contribution in [3.05, 3.63) is 59.9 Å². The molecule has 0 bridgehead atoms. The van der Waals surface area contributed by atoms with Crippen LogP contribution in [0.2, 0.25) is 0 Å². The van der Waals surface area contributed by atoms with Crippen LogP contribution in [0.25, 0.3) is 0 Å². The summed E-state index contributed by atoms with van der Waals surface area (Å²) in [5, 5.41) is 8.26. The first kappa shape index (κ1) is 18.8. The zero-order valence-corrected chi connectivity index (χ0v) is 14.8. The minimum Gasteiger partial charge on any atom is -0.376 e. The van der Waals surface area contributed by atoms with Gasteiger partial charge in [-0.1, -0.05) is 12.1 Å². The van der Waals surface area contributed by atoms with Crippen molar-refractivity contribution in [2.45, 2.75) is 25.4 Å². The van der Waals surface area contributed by atoms with Gasteiger partial charge in [-0.3, -0.25) is 4.79 Å². The molecule has 0 aliphatic carbocycles. The standard InChI is InChI=1S/C20H22FN3O3/c21-15-4-1-3-14(11-15)12-19(25)23-16-6-8-17(9-7-16)24-20(26)22-13-18-5-2-10-27-18/h1,3-4,6-9,11,18H,2,5,10,12-13H2,(H,23,25)(H2,22,24,26). The van der Waals surface area contributed by atoms with Crippen molar-refractivity contribution < 1.29 is 18.7 Å². The van der Waals surface area contributed by atoms with E-state index in [4.69, 9.17) is 4.74 Å². The van der Waals surface area contributed by atoms with E-state index in [0.717, 1.165) is 19.4 Å². The molecule has 1 atom stereocenters. The smallest absolute Gasteiger partial charge is 0.319 e. The van der Waals surface area contributed by atoms with Gasteiger partial charge in [-0.05, 0) is 54.8 Å². The van der Waals surface area contributed by atoms with Gasteiger partial charge in [0.15, 0.2) is 0 Å². The van der Waals surface area contributed by atoms with Crippen molar-refractivity contribution in [3.8, 4) is 0 Å². The third-order valence-electron chi connectivity index (χ3n) is 4.19. The van der Waals surface area contributed by atoms with Gasteiger partial charge >= 0.3 is 6.03 Å². The number of ether oxygens (including phenoxy) is 1. The number of hydrogen-bond donors (Lipinski definition) is 3. The van der Waals surface area contributed by atoms with Gasteiger partial charge < -0.3 is 20.7 Å². The molecular weight excluding hydrogens is 349 g/mol. The summed E-state index contributed by atoms with van der Waals surface area (Å²) in [5.74, 6) is -0.607. The van der Waals surface area contributed by atoms with Crippen molar-refractivity contribution in [2.24, 2.45) is 0 Å². The molecule has 0 radical (unpaired) electrons. The Balaban J connectivity index is 1.45. The number of urea groups is 1. The van der Waals surface area contributed by atoms with E-state index in [-0.39, 0.29) is 30.3 Å². The van der Waals surface area contributed by atoms with E-state index in [9.17, 15) is 14.0 Å². The Kier molecular flexibility index (Phi) is 6.38. The lowest BCUT2D eigenvalue weighted by molar-refractivity contribution is -0.115. The number of carbonyl (C=O) groups excluding carboxylic acids is 2. The van der Waals surface area contributed by atoms with Crippen molar-refractivity contribution in [2.75, 3.05) is 23.8 Å². The maximum absolute atomic E-state index is 13.2. The zero-order chi connectivity index (χ0) is 19.1. The van der Waals surface area contributed by atoms with E-state index in [1.165, 1.54) is 12.1 Å². The quantitative estimate of drug-likeness (QED) is 0.729. The van der Waals surface area contributed by atoms with E-state index in [1.807, 2.05) is 0 Å². The minimum absolute atomic E-state index is 0.0867. The number of hydrogen-bond acceptors (Lipinski definition) is 3. The molecule has 3 N–H and O–H groups in total. The number of halogens is 1. The molecule has 0 saturated carbocycles. The largest absolute Gasteiger partial charge is 0.376 e. The summed E-state index contributed by atoms with van der Waals surface area (Å²) in [5.41, 5.74) is 1.82. The van der Waals surface area contributed by atoms with Gasteiger partial charge in [0.05, 0.1) is 12.5 Å². The Hall–Kier alpha value is -2.93. The number of rotatable bonds is 6. The first-order chi connectivity index (χ1) is 13.1. The van der Waals surface area contributed by atoms with Gasteiger partial charge in [0, 0.05) is 24.5 Å². The number of carbonyl (C=O) groups is 2. The lowest BCUT2D eigenvalue weighted by Crippen LogP contribution is -2.35. The molecule has 0 aromatic heterocycles. The number of nitrogens with one attached hydrogen (secondary N) is 3. The average molecular weight is 371 g/mol. The van der Waals surface area contributed by atoms with Crippen LogP contribution >= 0.6 is 0 Å². The highest BCUT2D eigenvalue weighted by Gasteiger charge is 2.16. The van der Waals surface area contributed by atoms with E-state index >= 15 is 0 Å². The van der Waals surface area contributed by atoms with Crippen LogP contribution in [0.15, 0.2) is 48.5 Å². The molecule has 1 heterocycles. The van der Waals surface area contributed by atoms with Crippen LogP contribution < -0.4 is 16.0 Å².